The number of rotatable bonds is 11. The van der Waals surface area contributed by atoms with E-state index in [2.05, 4.69) is 30.3 Å². The van der Waals surface area contributed by atoms with Gasteiger partial charge in [0.25, 0.3) is 5.91 Å². The Morgan fingerprint density at radius 3 is 2.51 bits per heavy atom. The number of benzene rings is 1. The number of fused-ring (bicyclic) bond motifs is 1. The molecule has 4 aliphatic rings. The number of anilines is 4. The van der Waals surface area contributed by atoms with Gasteiger partial charge in [-0.05, 0) is 63.6 Å². The summed E-state index contributed by atoms with van der Waals surface area (Å²) in [4.78, 5) is 55.1. The molecular weight excluding hydrogens is 600 g/mol. The third kappa shape index (κ3) is 7.37. The number of aldehydes is 1. The average Bonchev–Trinajstić information content (AvgIpc) is 3.62. The van der Waals surface area contributed by atoms with E-state index in [4.69, 9.17) is 9.72 Å². The van der Waals surface area contributed by atoms with E-state index in [1.807, 2.05) is 6.92 Å². The minimum Gasteiger partial charge on any atom is -0.489 e. The Morgan fingerprint density at radius 1 is 1.06 bits per heavy atom. The van der Waals surface area contributed by atoms with Gasteiger partial charge < -0.3 is 35.1 Å². The van der Waals surface area contributed by atoms with Crippen molar-refractivity contribution in [1.82, 2.24) is 25.1 Å². The molecular formula is C34H48N8O5. The number of hydrogen-bond donors (Lipinski definition) is 3. The smallest absolute Gasteiger partial charge is 0.251 e. The van der Waals surface area contributed by atoms with Crippen LogP contribution in [0.2, 0.25) is 0 Å². The molecule has 3 N–H and O–H groups in total. The van der Waals surface area contributed by atoms with Crippen molar-refractivity contribution < 1.29 is 24.2 Å². The first-order chi connectivity index (χ1) is 22.9. The van der Waals surface area contributed by atoms with Crippen LogP contribution in [-0.2, 0) is 9.59 Å². The molecule has 13 heteroatoms. The van der Waals surface area contributed by atoms with Crippen LogP contribution in [0.3, 0.4) is 0 Å². The van der Waals surface area contributed by atoms with Crippen molar-refractivity contribution in [2.75, 3.05) is 68.1 Å². The molecule has 1 aromatic heterocycles. The molecule has 0 bridgehead atoms. The first-order valence-electron chi connectivity index (χ1n) is 17.1. The van der Waals surface area contributed by atoms with Crippen LogP contribution in [0.5, 0.6) is 5.75 Å². The van der Waals surface area contributed by atoms with Crippen molar-refractivity contribution in [1.29, 1.82) is 0 Å². The minimum absolute atomic E-state index is 0.0285. The van der Waals surface area contributed by atoms with Gasteiger partial charge in [0.05, 0.1) is 25.0 Å². The van der Waals surface area contributed by atoms with Crippen LogP contribution in [0, 0.1) is 0 Å². The van der Waals surface area contributed by atoms with Crippen LogP contribution in [0.4, 0.5) is 23.1 Å². The van der Waals surface area contributed by atoms with Gasteiger partial charge in [-0.2, -0.15) is 4.98 Å². The molecule has 3 heterocycles. The van der Waals surface area contributed by atoms with Crippen LogP contribution < -0.4 is 25.2 Å². The van der Waals surface area contributed by atoms with Gasteiger partial charge in [-0.1, -0.05) is 12.8 Å². The Hall–Kier alpha value is -3.81. The van der Waals surface area contributed by atoms with Crippen LogP contribution in [0.25, 0.3) is 0 Å². The molecule has 2 aromatic rings. The molecule has 1 atom stereocenters. The molecule has 254 valence electrons. The van der Waals surface area contributed by atoms with Crippen LogP contribution in [-0.4, -0.2) is 120 Å². The Bertz CT molecular complexity index is 1420. The molecule has 2 aliphatic heterocycles. The predicted octanol–water partition coefficient (Wildman–Crippen LogP) is 2.56. The maximum Gasteiger partial charge on any atom is 0.251 e. The second-order valence-corrected chi connectivity index (χ2v) is 13.2. The van der Waals surface area contributed by atoms with Gasteiger partial charge in [0.15, 0.2) is 5.82 Å². The van der Waals surface area contributed by atoms with Gasteiger partial charge in [0.2, 0.25) is 11.9 Å². The molecule has 2 aliphatic carbocycles. The van der Waals surface area contributed by atoms with Crippen molar-refractivity contribution in [2.45, 2.75) is 82.5 Å². The van der Waals surface area contributed by atoms with Gasteiger partial charge in [-0.25, -0.2) is 4.98 Å². The molecule has 47 heavy (non-hydrogen) atoms. The Kier molecular flexibility index (Phi) is 10.5. The van der Waals surface area contributed by atoms with Crippen molar-refractivity contribution in [3.05, 3.63) is 30.0 Å². The third-order valence-electron chi connectivity index (χ3n) is 10.3. The van der Waals surface area contributed by atoms with Gasteiger partial charge in [-0.15, -0.1) is 0 Å². The lowest BCUT2D eigenvalue weighted by atomic mass is 9.89. The highest BCUT2D eigenvalue weighted by Crippen LogP contribution is 2.39. The number of aliphatic hydroxyl groups excluding tert-OH is 1. The lowest BCUT2D eigenvalue weighted by Crippen LogP contribution is -2.54. The number of hydrogen-bond acceptors (Lipinski definition) is 11. The monoisotopic (exact) mass is 648 g/mol. The van der Waals surface area contributed by atoms with Gasteiger partial charge in [-0.3, -0.25) is 19.4 Å². The quantitative estimate of drug-likeness (QED) is 0.310. The van der Waals surface area contributed by atoms with Gasteiger partial charge in [0.1, 0.15) is 30.4 Å². The van der Waals surface area contributed by atoms with Crippen LogP contribution >= 0.6 is 0 Å². The minimum atomic E-state index is -0.320. The molecule has 3 fully saturated rings. The standard InChI is InChI=1S/C34H48N8O5/c1-23-33(46)39(2)29-22-35-34(38-31(29)42(23)27-5-3-4-6-27)37-28-12-7-24(21-30(28)47-20-19-44)32(45)36-25-8-10-26(11-9-25)41-15-13-40(14-16-41)17-18-43/h7,12,18,21-23,25-27,44H,3-6,8-11,13-17,19-20H2,1-2H3,(H,36,45)(H,35,37,38)/t23-,25?,26?/m1/s1. The summed E-state index contributed by atoms with van der Waals surface area (Å²) in [6.07, 6.45) is 10.9. The van der Waals surface area contributed by atoms with E-state index in [9.17, 15) is 19.5 Å². The Balaban J connectivity index is 1.11. The predicted molar refractivity (Wildman–Crippen MR) is 180 cm³/mol. The van der Waals surface area contributed by atoms with Crippen LogP contribution in [0.15, 0.2) is 24.4 Å². The lowest BCUT2D eigenvalue weighted by Gasteiger charge is -2.42. The lowest BCUT2D eigenvalue weighted by molar-refractivity contribution is -0.119. The highest BCUT2D eigenvalue weighted by atomic mass is 16.5. The van der Waals surface area contributed by atoms with E-state index < -0.39 is 0 Å². The zero-order valence-electron chi connectivity index (χ0n) is 27.6. The summed E-state index contributed by atoms with van der Waals surface area (Å²) in [5.74, 6) is 1.37. The second kappa shape index (κ2) is 15.0. The van der Waals surface area contributed by atoms with Gasteiger partial charge in [0, 0.05) is 56.9 Å². The normalized spacial score (nSPS) is 24.2. The van der Waals surface area contributed by atoms with E-state index in [1.54, 1.807) is 36.3 Å². The number of amides is 2. The molecule has 1 saturated heterocycles. The van der Waals surface area contributed by atoms with Crippen molar-refractivity contribution in [3.63, 3.8) is 0 Å². The molecule has 13 nitrogen and oxygen atoms in total. The maximum absolute atomic E-state index is 13.4. The molecule has 2 amide bonds. The van der Waals surface area contributed by atoms with E-state index in [1.165, 1.54) is 0 Å². The highest BCUT2D eigenvalue weighted by molar-refractivity contribution is 6.04. The number of ether oxygens (including phenoxy) is 1. The topological polar surface area (TPSA) is 143 Å². The summed E-state index contributed by atoms with van der Waals surface area (Å²) < 4.78 is 5.87. The van der Waals surface area contributed by atoms with Crippen molar-refractivity contribution in [2.24, 2.45) is 0 Å². The zero-order valence-corrected chi connectivity index (χ0v) is 27.6. The van der Waals surface area contributed by atoms with E-state index in [0.717, 1.165) is 89.6 Å². The molecule has 0 radical (unpaired) electrons. The summed E-state index contributed by atoms with van der Waals surface area (Å²) in [5, 5.41) is 16.0. The number of aliphatic hydroxyl groups is 1. The summed E-state index contributed by atoms with van der Waals surface area (Å²) >= 11 is 0. The molecule has 0 unspecified atom stereocenters. The molecule has 2 saturated carbocycles. The largest absolute Gasteiger partial charge is 0.489 e. The van der Waals surface area contributed by atoms with E-state index in [0.29, 0.717) is 41.2 Å². The van der Waals surface area contributed by atoms with E-state index >= 15 is 0 Å². The number of nitrogens with zero attached hydrogens (tertiary/aromatic N) is 6. The molecule has 1 aromatic carbocycles. The second-order valence-electron chi connectivity index (χ2n) is 13.2. The Morgan fingerprint density at radius 2 is 1.81 bits per heavy atom. The average molecular weight is 649 g/mol. The maximum atomic E-state index is 13.4. The summed E-state index contributed by atoms with van der Waals surface area (Å²) in [6, 6.07) is 5.78. The van der Waals surface area contributed by atoms with E-state index in [-0.39, 0.29) is 43.2 Å². The fourth-order valence-electron chi connectivity index (χ4n) is 7.66. The van der Waals surface area contributed by atoms with Crippen LogP contribution in [0.1, 0.15) is 68.6 Å². The Labute approximate surface area is 276 Å². The number of likely N-dealkylation sites (N-methyl/N-ethyl adjacent to an activating group) is 1. The number of aromatic nitrogens is 2. The number of nitrogens with one attached hydrogen (secondary N) is 2. The summed E-state index contributed by atoms with van der Waals surface area (Å²) in [5.41, 5.74) is 1.73. The van der Waals surface area contributed by atoms with Crippen molar-refractivity contribution in [3.8, 4) is 5.75 Å². The summed E-state index contributed by atoms with van der Waals surface area (Å²) in [6.45, 7) is 6.16. The van der Waals surface area contributed by atoms with Gasteiger partial charge >= 0.3 is 0 Å². The number of piperazine rings is 1. The molecule has 0 spiro atoms. The zero-order chi connectivity index (χ0) is 32.9. The fourth-order valence-corrected chi connectivity index (χ4v) is 7.66. The molecule has 6 rings (SSSR count). The first-order valence-corrected chi connectivity index (χ1v) is 17.1. The highest BCUT2D eigenvalue weighted by Gasteiger charge is 2.40. The van der Waals surface area contributed by atoms with Crippen molar-refractivity contribution >= 4 is 41.2 Å². The SMILES string of the molecule is C[C@@H]1C(=O)N(C)c2cnc(Nc3ccc(C(=O)NC4CCC(N5CCN(CC=O)CC5)CC4)cc3OCCO)nc2N1C1CCCC1. The number of carbonyl (C=O) groups is 3. The summed E-state index contributed by atoms with van der Waals surface area (Å²) in [7, 11) is 1.76. The first kappa shape index (κ1) is 33.1. The number of carbonyl (C=O) groups excluding carboxylic acids is 3. The fraction of sp³-hybridized carbons (Fsp3) is 0.618. The third-order valence-corrected chi connectivity index (χ3v) is 10.3.